The van der Waals surface area contributed by atoms with Crippen LogP contribution in [0.3, 0.4) is 0 Å². The smallest absolute Gasteiger partial charge is 0.411 e. The van der Waals surface area contributed by atoms with E-state index >= 15 is 0 Å². The number of hydrogen-bond acceptors (Lipinski definition) is 4. The summed E-state index contributed by atoms with van der Waals surface area (Å²) in [6, 6.07) is 9.77. The number of aryl methyl sites for hydroxylation is 2. The van der Waals surface area contributed by atoms with Crippen LogP contribution in [0.15, 0.2) is 36.5 Å². The molecule has 0 saturated carbocycles. The molecule has 5 heteroatoms. The number of methoxy groups -OCH3 is 1. The molecule has 2 rings (SSSR count). The second-order valence-electron chi connectivity index (χ2n) is 4.55. The molecule has 0 atom stereocenters. The van der Waals surface area contributed by atoms with E-state index in [2.05, 4.69) is 52.4 Å². The third kappa shape index (κ3) is 3.71. The van der Waals surface area contributed by atoms with E-state index in [1.807, 2.05) is 0 Å². The molecule has 0 aliphatic heterocycles. The Morgan fingerprint density at radius 2 is 1.80 bits per heavy atom. The number of amides is 1. The van der Waals surface area contributed by atoms with Crippen LogP contribution in [0.2, 0.25) is 0 Å². The van der Waals surface area contributed by atoms with Crippen LogP contribution < -0.4 is 10.6 Å². The van der Waals surface area contributed by atoms with Crippen molar-refractivity contribution in [1.29, 1.82) is 0 Å². The number of pyridine rings is 1. The molecule has 1 heterocycles. The van der Waals surface area contributed by atoms with Gasteiger partial charge in [-0.1, -0.05) is 6.07 Å². The molecule has 0 bridgehead atoms. The molecule has 1 aromatic carbocycles. The van der Waals surface area contributed by atoms with Gasteiger partial charge < -0.3 is 10.1 Å². The third-order valence-corrected chi connectivity index (χ3v) is 2.69. The fourth-order valence-corrected chi connectivity index (χ4v) is 1.91. The number of ether oxygens (including phenoxy) is 1. The van der Waals surface area contributed by atoms with Gasteiger partial charge in [-0.2, -0.15) is 0 Å². The molecule has 2 aromatic rings. The standard InChI is InChI=1S/C15H17N3O2/c1-10-6-11(2)8-13(7-10)17-14-5-4-12(9-16-14)18-15(19)20-3/h4-9H,1-3H3,(H,16,17)(H,18,19). The zero-order chi connectivity index (χ0) is 14.5. The molecule has 0 aliphatic carbocycles. The molecule has 1 amide bonds. The van der Waals surface area contributed by atoms with Crippen LogP contribution >= 0.6 is 0 Å². The van der Waals surface area contributed by atoms with E-state index in [-0.39, 0.29) is 0 Å². The van der Waals surface area contributed by atoms with Crippen molar-refractivity contribution in [2.45, 2.75) is 13.8 Å². The van der Waals surface area contributed by atoms with Crippen molar-refractivity contribution in [2.24, 2.45) is 0 Å². The first-order chi connectivity index (χ1) is 9.56. The largest absolute Gasteiger partial charge is 0.453 e. The summed E-state index contributed by atoms with van der Waals surface area (Å²) in [5.41, 5.74) is 3.96. The van der Waals surface area contributed by atoms with E-state index < -0.39 is 6.09 Å². The predicted molar refractivity (Wildman–Crippen MR) is 79.5 cm³/mol. The zero-order valence-corrected chi connectivity index (χ0v) is 11.7. The normalized spacial score (nSPS) is 9.95. The summed E-state index contributed by atoms with van der Waals surface area (Å²) < 4.78 is 4.51. The van der Waals surface area contributed by atoms with Gasteiger partial charge in [0, 0.05) is 5.69 Å². The van der Waals surface area contributed by atoms with Gasteiger partial charge in [-0.25, -0.2) is 9.78 Å². The van der Waals surface area contributed by atoms with Crippen LogP contribution in [-0.4, -0.2) is 18.2 Å². The molecule has 0 spiro atoms. The molecule has 0 fully saturated rings. The van der Waals surface area contributed by atoms with Crippen molar-refractivity contribution in [3.63, 3.8) is 0 Å². The van der Waals surface area contributed by atoms with Gasteiger partial charge in [0.05, 0.1) is 19.0 Å². The fourth-order valence-electron chi connectivity index (χ4n) is 1.91. The van der Waals surface area contributed by atoms with Crippen LogP contribution in [0.5, 0.6) is 0 Å². The van der Waals surface area contributed by atoms with Gasteiger partial charge in [-0.3, -0.25) is 5.32 Å². The van der Waals surface area contributed by atoms with Gasteiger partial charge in [0.1, 0.15) is 5.82 Å². The average molecular weight is 271 g/mol. The minimum absolute atomic E-state index is 0.512. The Morgan fingerprint density at radius 3 is 2.35 bits per heavy atom. The highest BCUT2D eigenvalue weighted by molar-refractivity contribution is 5.84. The number of hydrogen-bond donors (Lipinski definition) is 2. The van der Waals surface area contributed by atoms with Crippen LogP contribution in [0.25, 0.3) is 0 Å². The fraction of sp³-hybridized carbons (Fsp3) is 0.200. The molecule has 1 aromatic heterocycles. The molecule has 2 N–H and O–H groups in total. The Morgan fingerprint density at radius 1 is 1.10 bits per heavy atom. The van der Waals surface area contributed by atoms with Crippen molar-refractivity contribution in [3.05, 3.63) is 47.7 Å². The zero-order valence-electron chi connectivity index (χ0n) is 11.7. The monoisotopic (exact) mass is 271 g/mol. The summed E-state index contributed by atoms with van der Waals surface area (Å²) in [6.07, 6.45) is 1.06. The van der Waals surface area contributed by atoms with Crippen molar-refractivity contribution in [2.75, 3.05) is 17.7 Å². The van der Waals surface area contributed by atoms with Crippen LogP contribution in [0.4, 0.5) is 22.0 Å². The van der Waals surface area contributed by atoms with E-state index in [0.717, 1.165) is 5.69 Å². The number of nitrogens with zero attached hydrogens (tertiary/aromatic N) is 1. The van der Waals surface area contributed by atoms with E-state index in [4.69, 9.17) is 0 Å². The SMILES string of the molecule is COC(=O)Nc1ccc(Nc2cc(C)cc(C)c2)nc1. The summed E-state index contributed by atoms with van der Waals surface area (Å²) in [5, 5.41) is 5.77. The first kappa shape index (κ1) is 13.9. The highest BCUT2D eigenvalue weighted by Crippen LogP contribution is 2.19. The highest BCUT2D eigenvalue weighted by Gasteiger charge is 2.02. The number of benzene rings is 1. The minimum atomic E-state index is -0.512. The second-order valence-corrected chi connectivity index (χ2v) is 4.55. The van der Waals surface area contributed by atoms with Crippen molar-refractivity contribution in [3.8, 4) is 0 Å². The van der Waals surface area contributed by atoms with Crippen LogP contribution in [0.1, 0.15) is 11.1 Å². The average Bonchev–Trinajstić information content (AvgIpc) is 2.39. The van der Waals surface area contributed by atoms with Gasteiger partial charge in [0.25, 0.3) is 0 Å². The molecule has 104 valence electrons. The van der Waals surface area contributed by atoms with Crippen LogP contribution in [-0.2, 0) is 4.74 Å². The number of carbonyl (C=O) groups is 1. The van der Waals surface area contributed by atoms with Gasteiger partial charge in [-0.15, -0.1) is 0 Å². The summed E-state index contributed by atoms with van der Waals surface area (Å²) in [7, 11) is 1.32. The van der Waals surface area contributed by atoms with Gasteiger partial charge in [0.2, 0.25) is 0 Å². The van der Waals surface area contributed by atoms with Crippen LogP contribution in [0, 0.1) is 13.8 Å². The lowest BCUT2D eigenvalue weighted by molar-refractivity contribution is 0.187. The quantitative estimate of drug-likeness (QED) is 0.895. The number of aromatic nitrogens is 1. The third-order valence-electron chi connectivity index (χ3n) is 2.69. The van der Waals surface area contributed by atoms with E-state index in [0.29, 0.717) is 11.5 Å². The lowest BCUT2D eigenvalue weighted by Gasteiger charge is -2.09. The molecular formula is C15H17N3O2. The Bertz CT molecular complexity index is 589. The maximum Gasteiger partial charge on any atom is 0.411 e. The molecule has 0 saturated heterocycles. The molecule has 5 nitrogen and oxygen atoms in total. The second kappa shape index (κ2) is 6.06. The number of anilines is 3. The maximum atomic E-state index is 11.1. The Kier molecular flexibility index (Phi) is 4.20. The maximum absolute atomic E-state index is 11.1. The van der Waals surface area contributed by atoms with E-state index in [9.17, 15) is 4.79 Å². The van der Waals surface area contributed by atoms with E-state index in [1.165, 1.54) is 18.2 Å². The topological polar surface area (TPSA) is 63.2 Å². The number of nitrogens with one attached hydrogen (secondary N) is 2. The summed E-state index contributed by atoms with van der Waals surface area (Å²) in [4.78, 5) is 15.3. The highest BCUT2D eigenvalue weighted by atomic mass is 16.5. The first-order valence-electron chi connectivity index (χ1n) is 6.23. The van der Waals surface area contributed by atoms with Gasteiger partial charge in [0.15, 0.2) is 0 Å². The number of rotatable bonds is 3. The minimum Gasteiger partial charge on any atom is -0.453 e. The molecule has 0 aliphatic rings. The van der Waals surface area contributed by atoms with E-state index in [1.54, 1.807) is 18.3 Å². The lowest BCUT2D eigenvalue weighted by atomic mass is 10.1. The number of carbonyl (C=O) groups excluding carboxylic acids is 1. The molecule has 0 radical (unpaired) electrons. The Hall–Kier alpha value is -2.56. The summed E-state index contributed by atoms with van der Waals surface area (Å²) >= 11 is 0. The lowest BCUT2D eigenvalue weighted by Crippen LogP contribution is -2.11. The Balaban J connectivity index is 2.08. The van der Waals surface area contributed by atoms with Gasteiger partial charge in [-0.05, 0) is 49.2 Å². The van der Waals surface area contributed by atoms with Gasteiger partial charge >= 0.3 is 6.09 Å². The van der Waals surface area contributed by atoms with Crippen molar-refractivity contribution < 1.29 is 9.53 Å². The molecule has 20 heavy (non-hydrogen) atoms. The first-order valence-corrected chi connectivity index (χ1v) is 6.23. The Labute approximate surface area is 118 Å². The van der Waals surface area contributed by atoms with Crippen molar-refractivity contribution in [1.82, 2.24) is 4.98 Å². The predicted octanol–water partition coefficient (Wildman–Crippen LogP) is 3.62. The van der Waals surface area contributed by atoms with Crippen molar-refractivity contribution >= 4 is 23.3 Å². The molecule has 0 unspecified atom stereocenters. The summed E-state index contributed by atoms with van der Waals surface area (Å²) in [5.74, 6) is 0.713. The molecular weight excluding hydrogens is 254 g/mol. The summed E-state index contributed by atoms with van der Waals surface area (Å²) in [6.45, 7) is 4.10.